The van der Waals surface area contributed by atoms with Crippen LogP contribution in [-0.4, -0.2) is 51.4 Å². The predicted octanol–water partition coefficient (Wildman–Crippen LogP) is 3.15. The molecule has 1 saturated heterocycles. The van der Waals surface area contributed by atoms with Crippen molar-refractivity contribution in [2.75, 3.05) is 32.1 Å². The molecular weight excluding hydrogens is 444 g/mol. The van der Waals surface area contributed by atoms with E-state index in [9.17, 15) is 18.0 Å². The highest BCUT2D eigenvalue weighted by atomic mass is 32.2. The van der Waals surface area contributed by atoms with Crippen LogP contribution in [0.3, 0.4) is 0 Å². The lowest BCUT2D eigenvalue weighted by molar-refractivity contribution is -0.142. The second-order valence-corrected chi connectivity index (χ2v) is 9.94. The minimum Gasteiger partial charge on any atom is -0.496 e. The molecule has 0 bridgehead atoms. The molecule has 8 nitrogen and oxygen atoms in total. The number of carbonyl (C=O) groups excluding carboxylic acids is 2. The zero-order chi connectivity index (χ0) is 24.0. The first-order chi connectivity index (χ1) is 15.7. The first-order valence-electron chi connectivity index (χ1n) is 10.9. The number of aryl methyl sites for hydroxylation is 1. The Bertz CT molecular complexity index is 1100. The molecule has 0 spiro atoms. The Morgan fingerprint density at radius 3 is 2.52 bits per heavy atom. The van der Waals surface area contributed by atoms with Crippen molar-refractivity contribution in [3.8, 4) is 5.75 Å². The summed E-state index contributed by atoms with van der Waals surface area (Å²) in [7, 11) is -2.18. The van der Waals surface area contributed by atoms with E-state index in [-0.39, 0.29) is 29.7 Å². The fourth-order valence-corrected chi connectivity index (χ4v) is 5.47. The van der Waals surface area contributed by atoms with Crippen molar-refractivity contribution in [3.63, 3.8) is 0 Å². The summed E-state index contributed by atoms with van der Waals surface area (Å²) in [5, 5.41) is 2.86. The van der Waals surface area contributed by atoms with Crippen LogP contribution in [0.5, 0.6) is 5.75 Å². The number of benzene rings is 2. The highest BCUT2D eigenvalue weighted by Gasteiger charge is 2.33. The number of amides is 1. The summed E-state index contributed by atoms with van der Waals surface area (Å²) < 4.78 is 37.8. The molecule has 3 rings (SSSR count). The van der Waals surface area contributed by atoms with Crippen LogP contribution in [0.15, 0.2) is 47.4 Å². The van der Waals surface area contributed by atoms with Gasteiger partial charge in [0, 0.05) is 18.8 Å². The van der Waals surface area contributed by atoms with Crippen LogP contribution in [0.2, 0.25) is 0 Å². The highest BCUT2D eigenvalue weighted by molar-refractivity contribution is 7.89. The van der Waals surface area contributed by atoms with E-state index in [0.29, 0.717) is 37.4 Å². The van der Waals surface area contributed by atoms with Gasteiger partial charge < -0.3 is 14.8 Å². The van der Waals surface area contributed by atoms with Crippen LogP contribution in [0.25, 0.3) is 0 Å². The number of carbonyl (C=O) groups is 2. The summed E-state index contributed by atoms with van der Waals surface area (Å²) in [5.74, 6) is -0.353. The van der Waals surface area contributed by atoms with Gasteiger partial charge in [-0.15, -0.1) is 0 Å². The van der Waals surface area contributed by atoms with E-state index >= 15 is 0 Å². The maximum absolute atomic E-state index is 13.2. The third-order valence-electron chi connectivity index (χ3n) is 5.63. The number of nitrogens with one attached hydrogen (secondary N) is 1. The van der Waals surface area contributed by atoms with Crippen molar-refractivity contribution in [2.45, 2.75) is 38.0 Å². The molecule has 1 aliphatic heterocycles. The first-order valence-corrected chi connectivity index (χ1v) is 12.4. The van der Waals surface area contributed by atoms with Crippen LogP contribution >= 0.6 is 0 Å². The third kappa shape index (κ3) is 6.11. The molecule has 1 atom stereocenters. The molecule has 2 aromatic rings. The SMILES string of the molecule is CCOC(=O)Cc1ccc(NC(=O)[C@@H]2CCCN(S(=O)(=O)c3ccc(OC)c(C)c3)C2)cc1. The van der Waals surface area contributed by atoms with Crippen molar-refractivity contribution >= 4 is 27.6 Å². The number of hydrogen-bond donors (Lipinski definition) is 1. The van der Waals surface area contributed by atoms with Gasteiger partial charge >= 0.3 is 5.97 Å². The van der Waals surface area contributed by atoms with Crippen molar-refractivity contribution in [1.29, 1.82) is 0 Å². The Balaban J connectivity index is 1.64. The van der Waals surface area contributed by atoms with E-state index in [4.69, 9.17) is 9.47 Å². The molecule has 0 unspecified atom stereocenters. The molecule has 1 amide bonds. The number of nitrogens with zero attached hydrogens (tertiary/aromatic N) is 1. The normalized spacial score (nSPS) is 16.8. The van der Waals surface area contributed by atoms with Gasteiger partial charge in [-0.25, -0.2) is 8.42 Å². The average molecular weight is 475 g/mol. The maximum Gasteiger partial charge on any atom is 0.310 e. The maximum atomic E-state index is 13.2. The standard InChI is InChI=1S/C24H30N2O6S/c1-4-32-23(27)15-18-7-9-20(10-8-18)25-24(28)19-6-5-13-26(16-19)33(29,30)21-11-12-22(31-3)17(2)14-21/h7-12,14,19H,4-6,13,15-16H2,1-3H3,(H,25,28)/t19-/m1/s1. The van der Waals surface area contributed by atoms with E-state index in [0.717, 1.165) is 11.1 Å². The van der Waals surface area contributed by atoms with E-state index in [1.165, 1.54) is 17.5 Å². The number of esters is 1. The van der Waals surface area contributed by atoms with Crippen molar-refractivity contribution in [2.24, 2.45) is 5.92 Å². The topological polar surface area (TPSA) is 102 Å². The lowest BCUT2D eigenvalue weighted by Gasteiger charge is -2.31. The number of ether oxygens (including phenoxy) is 2. The third-order valence-corrected chi connectivity index (χ3v) is 7.50. The molecule has 0 aromatic heterocycles. The van der Waals surface area contributed by atoms with E-state index in [2.05, 4.69) is 5.32 Å². The van der Waals surface area contributed by atoms with Gasteiger partial charge in [-0.05, 0) is 68.1 Å². The number of anilines is 1. The summed E-state index contributed by atoms with van der Waals surface area (Å²) in [5.41, 5.74) is 2.12. The summed E-state index contributed by atoms with van der Waals surface area (Å²) in [6.07, 6.45) is 1.38. The summed E-state index contributed by atoms with van der Waals surface area (Å²) in [4.78, 5) is 24.6. The predicted molar refractivity (Wildman–Crippen MR) is 125 cm³/mol. The second-order valence-electron chi connectivity index (χ2n) is 8.00. The molecule has 0 radical (unpaired) electrons. The molecule has 33 heavy (non-hydrogen) atoms. The van der Waals surface area contributed by atoms with Crippen LogP contribution in [0.1, 0.15) is 30.9 Å². The van der Waals surface area contributed by atoms with Gasteiger partial charge in [0.1, 0.15) is 5.75 Å². The Morgan fingerprint density at radius 1 is 1.15 bits per heavy atom. The number of piperidine rings is 1. The molecule has 1 heterocycles. The first kappa shape index (κ1) is 24.7. The molecule has 1 aliphatic rings. The van der Waals surface area contributed by atoms with Crippen molar-refractivity contribution < 1.29 is 27.5 Å². The summed E-state index contributed by atoms with van der Waals surface area (Å²) in [6, 6.07) is 11.7. The van der Waals surface area contributed by atoms with Gasteiger partial charge in [-0.3, -0.25) is 9.59 Å². The summed E-state index contributed by atoms with van der Waals surface area (Å²) >= 11 is 0. The number of methoxy groups -OCH3 is 1. The monoisotopic (exact) mass is 474 g/mol. The fourth-order valence-electron chi connectivity index (χ4n) is 3.86. The molecule has 0 aliphatic carbocycles. The molecule has 178 valence electrons. The number of hydrogen-bond acceptors (Lipinski definition) is 6. The van der Waals surface area contributed by atoms with Gasteiger partial charge in [0.15, 0.2) is 0 Å². The van der Waals surface area contributed by atoms with E-state index < -0.39 is 15.9 Å². The quantitative estimate of drug-likeness (QED) is 0.590. The van der Waals surface area contributed by atoms with Gasteiger partial charge in [0.2, 0.25) is 15.9 Å². The Hall–Kier alpha value is -2.91. The number of sulfonamides is 1. The number of rotatable bonds is 8. The molecule has 2 aromatic carbocycles. The second kappa shape index (κ2) is 10.8. The lowest BCUT2D eigenvalue weighted by atomic mass is 9.98. The molecule has 1 fully saturated rings. The molecule has 9 heteroatoms. The highest BCUT2D eigenvalue weighted by Crippen LogP contribution is 2.28. The van der Waals surface area contributed by atoms with Crippen LogP contribution < -0.4 is 10.1 Å². The Labute approximate surface area is 194 Å². The van der Waals surface area contributed by atoms with Crippen LogP contribution in [0, 0.1) is 12.8 Å². The fraction of sp³-hybridized carbons (Fsp3) is 0.417. The van der Waals surface area contributed by atoms with Crippen LogP contribution in [-0.2, 0) is 30.8 Å². The largest absolute Gasteiger partial charge is 0.496 e. The summed E-state index contributed by atoms with van der Waals surface area (Å²) in [6.45, 7) is 4.38. The smallest absolute Gasteiger partial charge is 0.310 e. The molecule has 1 N–H and O–H groups in total. The van der Waals surface area contributed by atoms with Gasteiger partial charge in [-0.1, -0.05) is 12.1 Å². The molecular formula is C24H30N2O6S. The average Bonchev–Trinajstić information content (AvgIpc) is 2.80. The minimum absolute atomic E-state index is 0.125. The van der Waals surface area contributed by atoms with Gasteiger partial charge in [0.05, 0.1) is 31.0 Å². The minimum atomic E-state index is -3.72. The molecule has 0 saturated carbocycles. The van der Waals surface area contributed by atoms with Gasteiger partial charge in [-0.2, -0.15) is 4.31 Å². The lowest BCUT2D eigenvalue weighted by Crippen LogP contribution is -2.43. The van der Waals surface area contributed by atoms with Crippen LogP contribution in [0.4, 0.5) is 5.69 Å². The Morgan fingerprint density at radius 2 is 1.88 bits per heavy atom. The van der Waals surface area contributed by atoms with Crippen molar-refractivity contribution in [3.05, 3.63) is 53.6 Å². The van der Waals surface area contributed by atoms with Gasteiger partial charge in [0.25, 0.3) is 0 Å². The van der Waals surface area contributed by atoms with Crippen molar-refractivity contribution in [1.82, 2.24) is 4.31 Å². The zero-order valence-electron chi connectivity index (χ0n) is 19.2. The zero-order valence-corrected chi connectivity index (χ0v) is 20.0. The van der Waals surface area contributed by atoms with E-state index in [1.807, 2.05) is 0 Å². The Kier molecular flexibility index (Phi) is 8.10. The van der Waals surface area contributed by atoms with E-state index in [1.54, 1.807) is 50.2 Å².